The Bertz CT molecular complexity index is 355. The van der Waals surface area contributed by atoms with Gasteiger partial charge in [-0.2, -0.15) is 0 Å². The Morgan fingerprint density at radius 3 is 2.88 bits per heavy atom. The Morgan fingerprint density at radius 2 is 2.29 bits per heavy atom. The van der Waals surface area contributed by atoms with Crippen molar-refractivity contribution < 1.29 is 0 Å². The van der Waals surface area contributed by atoms with Gasteiger partial charge >= 0.3 is 0 Å². The van der Waals surface area contributed by atoms with E-state index in [1.54, 1.807) is 0 Å². The van der Waals surface area contributed by atoms with Gasteiger partial charge < -0.3 is 5.32 Å². The van der Waals surface area contributed by atoms with Crippen molar-refractivity contribution in [2.75, 3.05) is 26.2 Å². The van der Waals surface area contributed by atoms with Crippen LogP contribution in [0.5, 0.6) is 0 Å². The maximum atomic E-state index is 4.24. The van der Waals surface area contributed by atoms with Crippen LogP contribution in [-0.4, -0.2) is 36.1 Å². The van der Waals surface area contributed by atoms with E-state index in [9.17, 15) is 0 Å². The Hall–Kier alpha value is -1.19. The molecule has 0 aliphatic carbocycles. The molecule has 0 radical (unpaired) electrons. The van der Waals surface area contributed by atoms with Crippen LogP contribution < -0.4 is 5.32 Å². The molecule has 0 aromatic carbocycles. The molecular weight excluding hydrogens is 210 g/mol. The standard InChI is InChI=1S/C14H21N3/c1-12(2)10-14(13-4-3-5-16-11-13)17-8-6-15-7-9-17/h3-5,11,14-15H,1,6-10H2,2H3/t14-/m1/s1. The fourth-order valence-electron chi connectivity index (χ4n) is 2.35. The Labute approximate surface area is 104 Å². The van der Waals surface area contributed by atoms with Gasteiger partial charge in [0, 0.05) is 44.6 Å². The van der Waals surface area contributed by atoms with Gasteiger partial charge in [0.05, 0.1) is 0 Å². The van der Waals surface area contributed by atoms with Gasteiger partial charge in [-0.3, -0.25) is 9.88 Å². The number of hydrogen-bond acceptors (Lipinski definition) is 3. The largest absolute Gasteiger partial charge is 0.314 e. The fourth-order valence-corrected chi connectivity index (χ4v) is 2.35. The molecule has 1 fully saturated rings. The molecule has 2 heterocycles. The van der Waals surface area contributed by atoms with Crippen molar-refractivity contribution >= 4 is 0 Å². The Morgan fingerprint density at radius 1 is 1.53 bits per heavy atom. The highest BCUT2D eigenvalue weighted by molar-refractivity contribution is 5.16. The van der Waals surface area contributed by atoms with Crippen molar-refractivity contribution in [1.29, 1.82) is 0 Å². The average Bonchev–Trinajstić information content (AvgIpc) is 2.38. The molecule has 3 heteroatoms. The summed E-state index contributed by atoms with van der Waals surface area (Å²) in [7, 11) is 0. The molecule has 1 saturated heterocycles. The summed E-state index contributed by atoms with van der Waals surface area (Å²) in [6.07, 6.45) is 4.83. The molecule has 0 unspecified atom stereocenters. The van der Waals surface area contributed by atoms with Crippen molar-refractivity contribution in [3.05, 3.63) is 42.2 Å². The van der Waals surface area contributed by atoms with Crippen molar-refractivity contribution in [3.63, 3.8) is 0 Å². The fraction of sp³-hybridized carbons (Fsp3) is 0.500. The lowest BCUT2D eigenvalue weighted by Crippen LogP contribution is -2.45. The molecule has 0 amide bonds. The molecule has 1 N–H and O–H groups in total. The minimum Gasteiger partial charge on any atom is -0.314 e. The third-order valence-electron chi connectivity index (χ3n) is 3.20. The number of nitrogens with zero attached hydrogens (tertiary/aromatic N) is 2. The van der Waals surface area contributed by atoms with E-state index in [0.29, 0.717) is 6.04 Å². The van der Waals surface area contributed by atoms with Crippen molar-refractivity contribution in [3.8, 4) is 0 Å². The number of aromatic nitrogens is 1. The molecule has 92 valence electrons. The predicted molar refractivity (Wildman–Crippen MR) is 70.9 cm³/mol. The summed E-state index contributed by atoms with van der Waals surface area (Å²) < 4.78 is 0. The monoisotopic (exact) mass is 231 g/mol. The van der Waals surface area contributed by atoms with Gasteiger partial charge in [-0.1, -0.05) is 11.6 Å². The normalized spacial score (nSPS) is 18.9. The second kappa shape index (κ2) is 5.94. The second-order valence-electron chi connectivity index (χ2n) is 4.75. The minimum absolute atomic E-state index is 0.434. The highest BCUT2D eigenvalue weighted by Gasteiger charge is 2.21. The van der Waals surface area contributed by atoms with Gasteiger partial charge in [0.15, 0.2) is 0 Å². The number of rotatable bonds is 4. The summed E-state index contributed by atoms with van der Waals surface area (Å²) in [6, 6.07) is 4.62. The first-order valence-corrected chi connectivity index (χ1v) is 6.26. The van der Waals surface area contributed by atoms with Gasteiger partial charge in [-0.15, -0.1) is 6.58 Å². The van der Waals surface area contributed by atoms with E-state index < -0.39 is 0 Å². The third kappa shape index (κ3) is 3.38. The average molecular weight is 231 g/mol. The van der Waals surface area contributed by atoms with E-state index in [1.165, 1.54) is 11.1 Å². The van der Waals surface area contributed by atoms with E-state index >= 15 is 0 Å². The number of piperazine rings is 1. The van der Waals surface area contributed by atoms with E-state index in [4.69, 9.17) is 0 Å². The topological polar surface area (TPSA) is 28.2 Å². The zero-order valence-electron chi connectivity index (χ0n) is 10.5. The van der Waals surface area contributed by atoms with Gasteiger partial charge in [0.25, 0.3) is 0 Å². The SMILES string of the molecule is C=C(C)C[C@H](c1cccnc1)N1CCNCC1. The van der Waals surface area contributed by atoms with Crippen molar-refractivity contribution in [2.45, 2.75) is 19.4 Å². The van der Waals surface area contributed by atoms with Gasteiger partial charge in [0.1, 0.15) is 0 Å². The molecule has 1 aromatic rings. The van der Waals surface area contributed by atoms with E-state index in [-0.39, 0.29) is 0 Å². The van der Waals surface area contributed by atoms with Crippen LogP contribution in [-0.2, 0) is 0 Å². The van der Waals surface area contributed by atoms with Crippen LogP contribution in [0, 0.1) is 0 Å². The summed E-state index contributed by atoms with van der Waals surface area (Å²) in [6.45, 7) is 10.5. The van der Waals surface area contributed by atoms with Gasteiger partial charge in [-0.25, -0.2) is 0 Å². The van der Waals surface area contributed by atoms with Crippen LogP contribution in [0.3, 0.4) is 0 Å². The van der Waals surface area contributed by atoms with Crippen molar-refractivity contribution in [1.82, 2.24) is 15.2 Å². The van der Waals surface area contributed by atoms with E-state index in [2.05, 4.69) is 34.8 Å². The minimum atomic E-state index is 0.434. The molecule has 1 aliphatic heterocycles. The quantitative estimate of drug-likeness (QED) is 0.803. The lowest BCUT2D eigenvalue weighted by atomic mass is 9.99. The number of nitrogens with one attached hydrogen (secondary N) is 1. The van der Waals surface area contributed by atoms with Crippen LogP contribution in [0.25, 0.3) is 0 Å². The summed E-state index contributed by atoms with van der Waals surface area (Å²) in [5.41, 5.74) is 2.54. The number of hydrogen-bond donors (Lipinski definition) is 1. The predicted octanol–water partition coefficient (Wildman–Crippen LogP) is 1.99. The molecule has 1 atom stereocenters. The van der Waals surface area contributed by atoms with E-state index in [1.807, 2.05) is 18.5 Å². The van der Waals surface area contributed by atoms with Crippen LogP contribution in [0.2, 0.25) is 0 Å². The highest BCUT2D eigenvalue weighted by Crippen LogP contribution is 2.26. The summed E-state index contributed by atoms with van der Waals surface area (Å²) in [5, 5.41) is 3.39. The smallest absolute Gasteiger partial charge is 0.0401 e. The zero-order chi connectivity index (χ0) is 12.1. The maximum Gasteiger partial charge on any atom is 0.0401 e. The first-order chi connectivity index (χ1) is 8.27. The van der Waals surface area contributed by atoms with Gasteiger partial charge in [-0.05, 0) is 25.0 Å². The third-order valence-corrected chi connectivity index (χ3v) is 3.20. The molecule has 17 heavy (non-hydrogen) atoms. The Balaban J connectivity index is 2.15. The molecule has 0 spiro atoms. The lowest BCUT2D eigenvalue weighted by molar-refractivity contribution is 0.172. The molecule has 3 nitrogen and oxygen atoms in total. The van der Waals surface area contributed by atoms with Crippen LogP contribution in [0.4, 0.5) is 0 Å². The molecular formula is C14H21N3. The van der Waals surface area contributed by atoms with Gasteiger partial charge in [0.2, 0.25) is 0 Å². The second-order valence-corrected chi connectivity index (χ2v) is 4.75. The lowest BCUT2D eigenvalue weighted by Gasteiger charge is -2.35. The highest BCUT2D eigenvalue weighted by atomic mass is 15.2. The van der Waals surface area contributed by atoms with E-state index in [0.717, 1.165) is 32.6 Å². The summed E-state index contributed by atoms with van der Waals surface area (Å²) >= 11 is 0. The maximum absolute atomic E-state index is 4.24. The first-order valence-electron chi connectivity index (χ1n) is 6.26. The molecule has 0 saturated carbocycles. The zero-order valence-corrected chi connectivity index (χ0v) is 10.5. The first kappa shape index (κ1) is 12.3. The number of pyridine rings is 1. The van der Waals surface area contributed by atoms with Crippen molar-refractivity contribution in [2.24, 2.45) is 0 Å². The molecule has 1 aliphatic rings. The van der Waals surface area contributed by atoms with Crippen LogP contribution in [0.1, 0.15) is 24.9 Å². The Kier molecular flexibility index (Phi) is 4.29. The molecule has 0 bridgehead atoms. The van der Waals surface area contributed by atoms with Crippen LogP contribution >= 0.6 is 0 Å². The summed E-state index contributed by atoms with van der Waals surface area (Å²) in [5.74, 6) is 0. The molecule has 1 aromatic heterocycles. The summed E-state index contributed by atoms with van der Waals surface area (Å²) in [4.78, 5) is 6.77. The van der Waals surface area contributed by atoms with Crippen LogP contribution in [0.15, 0.2) is 36.7 Å². The molecule has 2 rings (SSSR count).